The maximum Gasteiger partial charge on any atom is 0.257 e. The Bertz CT molecular complexity index is 449. The highest BCUT2D eigenvalue weighted by Crippen LogP contribution is 2.34. The molecule has 1 aromatic heterocycles. The molecular formula is C14H21N3O3. The van der Waals surface area contributed by atoms with Gasteiger partial charge in [0.15, 0.2) is 6.10 Å². The van der Waals surface area contributed by atoms with Crippen LogP contribution in [0.15, 0.2) is 12.5 Å². The number of amides is 1. The Morgan fingerprint density at radius 2 is 2.25 bits per heavy atom. The lowest BCUT2D eigenvalue weighted by molar-refractivity contribution is -0.163. The number of aliphatic hydroxyl groups excluding tert-OH is 1. The highest BCUT2D eigenvalue weighted by molar-refractivity contribution is 5.81. The van der Waals surface area contributed by atoms with E-state index in [1.807, 2.05) is 0 Å². The number of ether oxygens (including phenoxy) is 1. The van der Waals surface area contributed by atoms with E-state index in [4.69, 9.17) is 4.74 Å². The van der Waals surface area contributed by atoms with Crippen molar-refractivity contribution in [2.75, 3.05) is 19.7 Å². The number of aliphatic hydroxyl groups is 1. The molecule has 20 heavy (non-hydrogen) atoms. The van der Waals surface area contributed by atoms with Gasteiger partial charge in [0.2, 0.25) is 0 Å². The minimum atomic E-state index is -1.16. The molecule has 1 atom stereocenters. The normalized spacial score (nSPS) is 23.8. The molecule has 2 heterocycles. The Labute approximate surface area is 118 Å². The van der Waals surface area contributed by atoms with Gasteiger partial charge in [-0.1, -0.05) is 19.3 Å². The average molecular weight is 279 g/mol. The largest absolute Gasteiger partial charge is 0.377 e. The summed E-state index contributed by atoms with van der Waals surface area (Å²) in [6.45, 7) is 1.70. The first-order valence-electron chi connectivity index (χ1n) is 7.29. The molecule has 2 fully saturated rings. The van der Waals surface area contributed by atoms with Crippen molar-refractivity contribution in [1.29, 1.82) is 0 Å². The number of imidazole rings is 1. The third-order valence-electron chi connectivity index (χ3n) is 4.37. The van der Waals surface area contributed by atoms with Gasteiger partial charge in [-0.15, -0.1) is 0 Å². The fraction of sp³-hybridized carbons (Fsp3) is 0.714. The summed E-state index contributed by atoms with van der Waals surface area (Å²) in [5, 5.41) is 10.1. The molecule has 2 aliphatic rings. The fourth-order valence-corrected chi connectivity index (χ4v) is 3.25. The molecule has 0 bridgehead atoms. The van der Waals surface area contributed by atoms with Crippen LogP contribution in [0.25, 0.3) is 0 Å². The van der Waals surface area contributed by atoms with Gasteiger partial charge < -0.3 is 19.7 Å². The number of carbonyl (C=O) groups excluding carboxylic acids is 1. The minimum absolute atomic E-state index is 0.181. The molecule has 1 spiro atoms. The number of morpholine rings is 1. The number of rotatable bonds is 2. The summed E-state index contributed by atoms with van der Waals surface area (Å²) in [4.78, 5) is 20.8. The summed E-state index contributed by atoms with van der Waals surface area (Å²) in [7, 11) is 0. The highest BCUT2D eigenvalue weighted by Gasteiger charge is 2.40. The summed E-state index contributed by atoms with van der Waals surface area (Å²) in [5.74, 6) is -0.262. The Balaban J connectivity index is 1.68. The van der Waals surface area contributed by atoms with E-state index in [0.717, 1.165) is 25.7 Å². The van der Waals surface area contributed by atoms with Gasteiger partial charge >= 0.3 is 0 Å². The predicted octanol–water partition coefficient (Wildman–Crippen LogP) is 1.00. The Morgan fingerprint density at radius 3 is 2.95 bits per heavy atom. The summed E-state index contributed by atoms with van der Waals surface area (Å²) in [5.41, 5.74) is 0.263. The lowest BCUT2D eigenvalue weighted by Crippen LogP contribution is -2.55. The van der Waals surface area contributed by atoms with E-state index in [9.17, 15) is 9.90 Å². The summed E-state index contributed by atoms with van der Waals surface area (Å²) in [6.07, 6.45) is 7.38. The predicted molar refractivity (Wildman–Crippen MR) is 71.9 cm³/mol. The van der Waals surface area contributed by atoms with Crippen molar-refractivity contribution in [2.45, 2.75) is 43.8 Å². The van der Waals surface area contributed by atoms with Crippen LogP contribution in [-0.4, -0.2) is 51.2 Å². The van der Waals surface area contributed by atoms with Crippen LogP contribution in [0, 0.1) is 0 Å². The lowest BCUT2D eigenvalue weighted by atomic mass is 9.83. The Hall–Kier alpha value is -1.40. The number of H-pyrrole nitrogens is 1. The van der Waals surface area contributed by atoms with Crippen molar-refractivity contribution < 1.29 is 14.6 Å². The second-order valence-corrected chi connectivity index (χ2v) is 5.76. The van der Waals surface area contributed by atoms with E-state index in [1.165, 1.54) is 18.9 Å². The lowest BCUT2D eigenvalue weighted by Gasteiger charge is -2.45. The monoisotopic (exact) mass is 279 g/mol. The van der Waals surface area contributed by atoms with Crippen LogP contribution in [0.4, 0.5) is 0 Å². The molecular weight excluding hydrogens is 258 g/mol. The van der Waals surface area contributed by atoms with Crippen LogP contribution in [-0.2, 0) is 9.53 Å². The van der Waals surface area contributed by atoms with Crippen LogP contribution in [0.1, 0.15) is 43.9 Å². The maximum absolute atomic E-state index is 12.4. The number of aromatic amines is 1. The third kappa shape index (κ3) is 2.58. The van der Waals surface area contributed by atoms with Crippen molar-refractivity contribution >= 4 is 5.91 Å². The zero-order valence-corrected chi connectivity index (χ0v) is 11.5. The van der Waals surface area contributed by atoms with Gasteiger partial charge in [0.25, 0.3) is 5.91 Å². The minimum Gasteiger partial charge on any atom is -0.377 e. The molecule has 0 radical (unpaired) electrons. The molecule has 1 saturated carbocycles. The standard InChI is InChI=1S/C14H21N3O3/c18-12(11-8-15-10-16-11)13(19)17-6-7-20-14(9-17)4-2-1-3-5-14/h8,10,12,18H,1-7,9H2,(H,15,16). The SMILES string of the molecule is O=C(C(O)c1cnc[nH]1)N1CCOC2(CCCCC2)C1. The van der Waals surface area contributed by atoms with E-state index in [2.05, 4.69) is 9.97 Å². The van der Waals surface area contributed by atoms with Gasteiger partial charge in [0.05, 0.1) is 30.4 Å². The molecule has 110 valence electrons. The smallest absolute Gasteiger partial charge is 0.257 e. The quantitative estimate of drug-likeness (QED) is 0.846. The van der Waals surface area contributed by atoms with Crippen molar-refractivity contribution in [3.8, 4) is 0 Å². The maximum atomic E-state index is 12.4. The van der Waals surface area contributed by atoms with Crippen LogP contribution >= 0.6 is 0 Å². The molecule has 2 N–H and O–H groups in total. The van der Waals surface area contributed by atoms with Gasteiger partial charge in [0.1, 0.15) is 0 Å². The van der Waals surface area contributed by atoms with E-state index in [1.54, 1.807) is 4.90 Å². The number of carbonyl (C=O) groups is 1. The van der Waals surface area contributed by atoms with E-state index < -0.39 is 6.10 Å². The molecule has 1 amide bonds. The molecule has 6 nitrogen and oxygen atoms in total. The van der Waals surface area contributed by atoms with Crippen molar-refractivity contribution in [2.24, 2.45) is 0 Å². The van der Waals surface area contributed by atoms with Gasteiger partial charge in [-0.05, 0) is 12.8 Å². The highest BCUT2D eigenvalue weighted by atomic mass is 16.5. The van der Waals surface area contributed by atoms with Gasteiger partial charge in [-0.2, -0.15) is 0 Å². The number of hydrogen-bond donors (Lipinski definition) is 2. The third-order valence-corrected chi connectivity index (χ3v) is 4.37. The van der Waals surface area contributed by atoms with Crippen LogP contribution < -0.4 is 0 Å². The molecule has 3 rings (SSSR count). The molecule has 1 aliphatic heterocycles. The second-order valence-electron chi connectivity index (χ2n) is 5.76. The average Bonchev–Trinajstić information content (AvgIpc) is 3.01. The van der Waals surface area contributed by atoms with Crippen LogP contribution in [0.2, 0.25) is 0 Å². The molecule has 0 aromatic carbocycles. The summed E-state index contributed by atoms with van der Waals surface area (Å²) < 4.78 is 5.96. The number of nitrogens with one attached hydrogen (secondary N) is 1. The van der Waals surface area contributed by atoms with E-state index >= 15 is 0 Å². The molecule has 1 unspecified atom stereocenters. The van der Waals surface area contributed by atoms with E-state index in [0.29, 0.717) is 25.4 Å². The first-order chi connectivity index (χ1) is 9.70. The first-order valence-corrected chi connectivity index (χ1v) is 7.29. The van der Waals surface area contributed by atoms with Gasteiger partial charge in [-0.3, -0.25) is 4.79 Å². The van der Waals surface area contributed by atoms with Crippen LogP contribution in [0.5, 0.6) is 0 Å². The zero-order valence-electron chi connectivity index (χ0n) is 11.5. The van der Waals surface area contributed by atoms with Gasteiger partial charge in [-0.25, -0.2) is 4.98 Å². The summed E-state index contributed by atoms with van der Waals surface area (Å²) in [6, 6.07) is 0. The summed E-state index contributed by atoms with van der Waals surface area (Å²) >= 11 is 0. The van der Waals surface area contributed by atoms with Crippen molar-refractivity contribution in [3.63, 3.8) is 0 Å². The Kier molecular flexibility index (Phi) is 3.76. The first kappa shape index (κ1) is 13.6. The molecule has 1 saturated heterocycles. The van der Waals surface area contributed by atoms with Crippen molar-refractivity contribution in [3.05, 3.63) is 18.2 Å². The van der Waals surface area contributed by atoms with E-state index in [-0.39, 0.29) is 11.5 Å². The second kappa shape index (κ2) is 5.54. The molecule has 1 aromatic rings. The molecule has 6 heteroatoms. The topological polar surface area (TPSA) is 78.4 Å². The van der Waals surface area contributed by atoms with Crippen LogP contribution in [0.3, 0.4) is 0 Å². The Morgan fingerprint density at radius 1 is 1.45 bits per heavy atom. The number of hydrogen-bond acceptors (Lipinski definition) is 4. The van der Waals surface area contributed by atoms with Crippen molar-refractivity contribution in [1.82, 2.24) is 14.9 Å². The molecule has 1 aliphatic carbocycles. The number of aromatic nitrogens is 2. The number of nitrogens with zero attached hydrogens (tertiary/aromatic N) is 2. The van der Waals surface area contributed by atoms with Gasteiger partial charge in [0, 0.05) is 13.1 Å². The fourth-order valence-electron chi connectivity index (χ4n) is 3.25. The zero-order chi connectivity index (χ0) is 14.0.